The van der Waals surface area contributed by atoms with Gasteiger partial charge in [-0.2, -0.15) is 8.78 Å². The summed E-state index contributed by atoms with van der Waals surface area (Å²) in [6.07, 6.45) is 0. The molecule has 0 aliphatic heterocycles. The molecule has 112 valence electrons. The summed E-state index contributed by atoms with van der Waals surface area (Å²) in [5, 5.41) is 10.8. The van der Waals surface area contributed by atoms with Crippen LogP contribution in [0.25, 0.3) is 0 Å². The average Bonchev–Trinajstić information content (AvgIpc) is 2.26. The molecule has 0 bridgehead atoms. The van der Waals surface area contributed by atoms with Crippen LogP contribution in [-0.2, 0) is 10.0 Å². The third-order valence-corrected chi connectivity index (χ3v) is 4.38. The van der Waals surface area contributed by atoms with Crippen molar-refractivity contribution < 1.29 is 26.9 Å². The van der Waals surface area contributed by atoms with Crippen molar-refractivity contribution in [3.63, 3.8) is 0 Å². The fraction of sp³-hybridized carbons (Fsp3) is 0.400. The average molecular weight is 310 g/mol. The number of nitro groups is 1. The van der Waals surface area contributed by atoms with E-state index >= 15 is 0 Å². The molecular formula is C10H12F2N2O5S. The van der Waals surface area contributed by atoms with Crippen molar-refractivity contribution in [2.24, 2.45) is 0 Å². The zero-order valence-corrected chi connectivity index (χ0v) is 11.6. The summed E-state index contributed by atoms with van der Waals surface area (Å²) in [5.74, 6) is -0.680. The fourth-order valence-electron chi connectivity index (χ4n) is 1.46. The third-order valence-electron chi connectivity index (χ3n) is 2.43. The lowest BCUT2D eigenvalue weighted by atomic mass is 10.2. The number of alkyl halides is 2. The summed E-state index contributed by atoms with van der Waals surface area (Å²) >= 11 is 0. The van der Waals surface area contributed by atoms with Gasteiger partial charge in [0.05, 0.1) is 9.82 Å². The Morgan fingerprint density at radius 2 is 1.90 bits per heavy atom. The first-order chi connectivity index (χ1) is 9.07. The molecule has 0 amide bonds. The van der Waals surface area contributed by atoms with E-state index in [2.05, 4.69) is 4.74 Å². The summed E-state index contributed by atoms with van der Waals surface area (Å²) < 4.78 is 53.2. The van der Waals surface area contributed by atoms with Gasteiger partial charge in [-0.1, -0.05) is 0 Å². The van der Waals surface area contributed by atoms with Crippen LogP contribution in [0.2, 0.25) is 0 Å². The number of hydrogen-bond donors (Lipinski definition) is 0. The molecule has 0 saturated heterocycles. The van der Waals surface area contributed by atoms with Gasteiger partial charge < -0.3 is 4.74 Å². The number of nitrogens with zero attached hydrogens (tertiary/aromatic N) is 2. The van der Waals surface area contributed by atoms with Gasteiger partial charge in [-0.15, -0.1) is 0 Å². The predicted molar refractivity (Wildman–Crippen MR) is 65.3 cm³/mol. The molecule has 0 atom stereocenters. The number of ether oxygens (including phenoxy) is 1. The molecule has 0 radical (unpaired) electrons. The monoisotopic (exact) mass is 310 g/mol. The zero-order valence-electron chi connectivity index (χ0n) is 10.8. The van der Waals surface area contributed by atoms with E-state index in [1.54, 1.807) is 0 Å². The minimum absolute atomic E-state index is 0.0694. The van der Waals surface area contributed by atoms with E-state index in [1.165, 1.54) is 21.0 Å². The lowest BCUT2D eigenvalue weighted by Gasteiger charge is -2.14. The van der Waals surface area contributed by atoms with E-state index in [4.69, 9.17) is 0 Å². The Morgan fingerprint density at radius 1 is 1.35 bits per heavy atom. The van der Waals surface area contributed by atoms with Crippen molar-refractivity contribution in [2.45, 2.75) is 18.4 Å². The minimum atomic E-state index is -3.92. The molecule has 0 aromatic heterocycles. The number of benzene rings is 1. The maximum Gasteiger partial charge on any atom is 0.387 e. The van der Waals surface area contributed by atoms with Gasteiger partial charge >= 0.3 is 12.3 Å². The van der Waals surface area contributed by atoms with E-state index in [0.29, 0.717) is 6.07 Å². The van der Waals surface area contributed by atoms with Gasteiger partial charge in [0, 0.05) is 20.2 Å². The van der Waals surface area contributed by atoms with Crippen LogP contribution >= 0.6 is 0 Å². The van der Waals surface area contributed by atoms with Gasteiger partial charge in [0.15, 0.2) is 0 Å². The van der Waals surface area contributed by atoms with Crippen LogP contribution in [0.5, 0.6) is 5.75 Å². The first-order valence-electron chi connectivity index (χ1n) is 5.23. The smallest absolute Gasteiger partial charge is 0.387 e. The molecule has 20 heavy (non-hydrogen) atoms. The summed E-state index contributed by atoms with van der Waals surface area (Å²) in [6, 6.07) is 1.61. The fourth-order valence-corrected chi connectivity index (χ4v) is 2.58. The van der Waals surface area contributed by atoms with Crippen LogP contribution in [0.3, 0.4) is 0 Å². The van der Waals surface area contributed by atoms with Gasteiger partial charge in [-0.25, -0.2) is 12.7 Å². The molecule has 0 saturated carbocycles. The Morgan fingerprint density at radius 3 is 2.30 bits per heavy atom. The second-order valence-corrected chi connectivity index (χ2v) is 6.13. The number of sulfonamides is 1. The largest absolute Gasteiger partial charge is 0.427 e. The Labute approximate surface area is 114 Å². The van der Waals surface area contributed by atoms with Gasteiger partial charge in [0.2, 0.25) is 15.8 Å². The Balaban J connectivity index is 3.53. The highest BCUT2D eigenvalue weighted by molar-refractivity contribution is 7.89. The molecule has 1 aromatic rings. The number of nitro benzene ring substituents is 1. The lowest BCUT2D eigenvalue weighted by Crippen LogP contribution is -2.23. The van der Waals surface area contributed by atoms with Crippen LogP contribution in [0.1, 0.15) is 5.56 Å². The third kappa shape index (κ3) is 3.20. The standard InChI is InChI=1S/C10H12F2N2O5S/c1-6-4-8(19-10(11)12)7(14(15)16)5-9(6)20(17,18)13(2)3/h4-5,10H,1-3H3. The Kier molecular flexibility index (Phi) is 4.61. The first kappa shape index (κ1) is 16.2. The molecule has 0 spiro atoms. The van der Waals surface area contributed by atoms with Crippen molar-refractivity contribution in [1.82, 2.24) is 4.31 Å². The van der Waals surface area contributed by atoms with E-state index in [0.717, 1.165) is 10.4 Å². The van der Waals surface area contributed by atoms with Gasteiger partial charge in [0.25, 0.3) is 0 Å². The summed E-state index contributed by atoms with van der Waals surface area (Å²) in [4.78, 5) is 9.52. The van der Waals surface area contributed by atoms with E-state index in [1.807, 2.05) is 0 Å². The topological polar surface area (TPSA) is 89.7 Å². The number of rotatable bonds is 5. The molecule has 1 aromatic carbocycles. The molecule has 0 N–H and O–H groups in total. The van der Waals surface area contributed by atoms with Crippen LogP contribution in [0, 0.1) is 17.0 Å². The maximum absolute atomic E-state index is 12.2. The number of hydrogen-bond acceptors (Lipinski definition) is 5. The Hall–Kier alpha value is -1.81. The molecule has 0 heterocycles. The highest BCUT2D eigenvalue weighted by Gasteiger charge is 2.27. The quantitative estimate of drug-likeness (QED) is 0.610. The summed E-state index contributed by atoms with van der Waals surface area (Å²) in [5.41, 5.74) is -0.767. The van der Waals surface area contributed by atoms with Crippen molar-refractivity contribution in [1.29, 1.82) is 0 Å². The van der Waals surface area contributed by atoms with Crippen molar-refractivity contribution in [2.75, 3.05) is 14.1 Å². The summed E-state index contributed by atoms with van der Waals surface area (Å²) in [6.45, 7) is -1.91. The second-order valence-electron chi connectivity index (χ2n) is 4.01. The van der Waals surface area contributed by atoms with Crippen LogP contribution < -0.4 is 4.74 Å². The van der Waals surface area contributed by atoms with E-state index in [-0.39, 0.29) is 10.5 Å². The van der Waals surface area contributed by atoms with Crippen molar-refractivity contribution in [3.8, 4) is 5.75 Å². The maximum atomic E-state index is 12.2. The molecule has 7 nitrogen and oxygen atoms in total. The van der Waals surface area contributed by atoms with Crippen LogP contribution in [-0.4, -0.2) is 38.4 Å². The molecule has 0 aliphatic carbocycles. The molecule has 10 heteroatoms. The number of aryl methyl sites for hydroxylation is 1. The number of halogens is 2. The van der Waals surface area contributed by atoms with Crippen molar-refractivity contribution >= 4 is 15.7 Å². The van der Waals surface area contributed by atoms with Gasteiger partial charge in [-0.05, 0) is 18.6 Å². The first-order valence-corrected chi connectivity index (χ1v) is 6.67. The highest BCUT2D eigenvalue weighted by atomic mass is 32.2. The van der Waals surface area contributed by atoms with Gasteiger partial charge in [0.1, 0.15) is 0 Å². The van der Waals surface area contributed by atoms with E-state index < -0.39 is 33.0 Å². The van der Waals surface area contributed by atoms with Crippen LogP contribution in [0.15, 0.2) is 17.0 Å². The predicted octanol–water partition coefficient (Wildman–Crippen LogP) is 1.75. The Bertz CT molecular complexity index is 631. The van der Waals surface area contributed by atoms with Gasteiger partial charge in [-0.3, -0.25) is 10.1 Å². The SMILES string of the molecule is Cc1cc(OC(F)F)c([N+](=O)[O-])cc1S(=O)(=O)N(C)C. The molecule has 0 fully saturated rings. The minimum Gasteiger partial charge on any atom is -0.427 e. The molecule has 1 rings (SSSR count). The second kappa shape index (κ2) is 5.67. The normalized spacial score (nSPS) is 11.9. The molecular weight excluding hydrogens is 298 g/mol. The molecule has 0 aliphatic rings. The lowest BCUT2D eigenvalue weighted by molar-refractivity contribution is -0.386. The van der Waals surface area contributed by atoms with Crippen LogP contribution in [0.4, 0.5) is 14.5 Å². The zero-order chi connectivity index (χ0) is 15.7. The van der Waals surface area contributed by atoms with Crippen molar-refractivity contribution in [3.05, 3.63) is 27.8 Å². The molecule has 0 unspecified atom stereocenters. The van der Waals surface area contributed by atoms with E-state index in [9.17, 15) is 27.3 Å². The summed E-state index contributed by atoms with van der Waals surface area (Å²) in [7, 11) is -1.41. The highest BCUT2D eigenvalue weighted by Crippen LogP contribution is 2.34.